The molecule has 0 unspecified atom stereocenters. The van der Waals surface area contributed by atoms with E-state index in [0.29, 0.717) is 48.6 Å². The first-order chi connectivity index (χ1) is 17.2. The number of carbonyl (C=O) groups excluding carboxylic acids is 2. The van der Waals surface area contributed by atoms with Gasteiger partial charge in [-0.25, -0.2) is 19.6 Å². The van der Waals surface area contributed by atoms with Crippen molar-refractivity contribution in [3.05, 3.63) is 52.7 Å². The lowest BCUT2D eigenvalue weighted by Crippen LogP contribution is -2.37. The van der Waals surface area contributed by atoms with Gasteiger partial charge in [-0.1, -0.05) is 32.1 Å². The van der Waals surface area contributed by atoms with Crippen LogP contribution in [0.3, 0.4) is 0 Å². The first-order valence-electron chi connectivity index (χ1n) is 11.5. The van der Waals surface area contributed by atoms with Crippen molar-refractivity contribution >= 4 is 52.0 Å². The third-order valence-electron chi connectivity index (χ3n) is 5.41. The topological polar surface area (TPSA) is 119 Å². The fourth-order valence-corrected chi connectivity index (χ4v) is 4.23. The Morgan fingerprint density at radius 2 is 1.89 bits per heavy atom. The molecule has 1 aromatic carbocycles. The summed E-state index contributed by atoms with van der Waals surface area (Å²) in [6, 6.07) is 4.67. The predicted octanol–water partition coefficient (Wildman–Crippen LogP) is 4.87. The minimum atomic E-state index is -0.475. The van der Waals surface area contributed by atoms with Crippen molar-refractivity contribution in [2.45, 2.75) is 26.2 Å². The third kappa shape index (κ3) is 6.29. The Hall–Kier alpha value is -3.70. The minimum absolute atomic E-state index is 0.117. The number of esters is 1. The van der Waals surface area contributed by atoms with Crippen molar-refractivity contribution in [3.8, 4) is 0 Å². The number of methoxy groups -OCH3 is 1. The Balaban J connectivity index is 1.39. The molecule has 3 heterocycles. The van der Waals surface area contributed by atoms with Gasteiger partial charge in [0.25, 0.3) is 0 Å². The van der Waals surface area contributed by atoms with Gasteiger partial charge < -0.3 is 24.1 Å². The molecule has 1 saturated heterocycles. The number of ether oxygens (including phenoxy) is 2. The molecule has 11 heteroatoms. The zero-order chi connectivity index (χ0) is 25.7. The van der Waals surface area contributed by atoms with Crippen molar-refractivity contribution in [2.75, 3.05) is 48.9 Å². The Kier molecular flexibility index (Phi) is 7.70. The number of hydrogen-bond donors (Lipinski definition) is 2. The Morgan fingerprint density at radius 3 is 2.58 bits per heavy atom. The molecule has 10 nitrogen and oxygen atoms in total. The van der Waals surface area contributed by atoms with Crippen LogP contribution in [0.5, 0.6) is 0 Å². The van der Waals surface area contributed by atoms with Crippen LogP contribution >= 0.6 is 11.3 Å². The molecular formula is C25H29N5O5S. The molecule has 36 heavy (non-hydrogen) atoms. The molecule has 0 spiro atoms. The Morgan fingerprint density at radius 1 is 1.11 bits per heavy atom. The van der Waals surface area contributed by atoms with Gasteiger partial charge in [-0.15, -0.1) is 0 Å². The lowest BCUT2D eigenvalue weighted by molar-refractivity contribution is 0.0600. The number of benzene rings is 1. The maximum Gasteiger partial charge on any atom is 0.340 e. The van der Waals surface area contributed by atoms with Gasteiger partial charge in [0, 0.05) is 41.3 Å². The van der Waals surface area contributed by atoms with Gasteiger partial charge in [-0.2, -0.15) is 0 Å². The van der Waals surface area contributed by atoms with E-state index < -0.39 is 12.0 Å². The number of amides is 2. The van der Waals surface area contributed by atoms with E-state index in [0.717, 1.165) is 16.3 Å². The predicted molar refractivity (Wildman–Crippen MR) is 140 cm³/mol. The van der Waals surface area contributed by atoms with Gasteiger partial charge >= 0.3 is 12.0 Å². The minimum Gasteiger partial charge on any atom is -0.465 e. The van der Waals surface area contributed by atoms with Gasteiger partial charge in [0.15, 0.2) is 5.13 Å². The highest BCUT2D eigenvalue weighted by atomic mass is 32.1. The van der Waals surface area contributed by atoms with Gasteiger partial charge in [0.1, 0.15) is 5.76 Å². The van der Waals surface area contributed by atoms with Crippen molar-refractivity contribution in [2.24, 2.45) is 0 Å². The molecule has 1 aliphatic heterocycles. The number of carbonyl (C=O) groups is 2. The van der Waals surface area contributed by atoms with Crippen LogP contribution in [0, 0.1) is 0 Å². The first kappa shape index (κ1) is 25.4. The molecule has 1 fully saturated rings. The van der Waals surface area contributed by atoms with Crippen LogP contribution in [0.2, 0.25) is 0 Å². The largest absolute Gasteiger partial charge is 0.465 e. The molecule has 0 saturated carbocycles. The van der Waals surface area contributed by atoms with Gasteiger partial charge in [-0.05, 0) is 24.3 Å². The van der Waals surface area contributed by atoms with E-state index in [1.807, 2.05) is 6.08 Å². The molecule has 3 aromatic rings. The number of aromatic nitrogens is 2. The monoisotopic (exact) mass is 511 g/mol. The fourth-order valence-electron chi connectivity index (χ4n) is 3.51. The van der Waals surface area contributed by atoms with Crippen LogP contribution in [0.1, 0.15) is 47.7 Å². The second-order valence-electron chi connectivity index (χ2n) is 9.12. The molecule has 1 aliphatic rings. The maximum atomic E-state index is 12.6. The number of urea groups is 1. The van der Waals surface area contributed by atoms with Crippen LogP contribution < -0.4 is 15.5 Å². The highest BCUT2D eigenvalue weighted by Crippen LogP contribution is 2.27. The summed E-state index contributed by atoms with van der Waals surface area (Å²) in [4.78, 5) is 36.3. The lowest BCUT2D eigenvalue weighted by Gasteiger charge is -2.30. The zero-order valence-corrected chi connectivity index (χ0v) is 21.5. The van der Waals surface area contributed by atoms with E-state index in [2.05, 4.69) is 46.3 Å². The molecule has 0 bridgehead atoms. The van der Waals surface area contributed by atoms with Crippen molar-refractivity contribution < 1.29 is 23.5 Å². The van der Waals surface area contributed by atoms with Crippen LogP contribution in [0.4, 0.5) is 21.3 Å². The number of thiazole rings is 1. The third-order valence-corrected chi connectivity index (χ3v) is 6.29. The maximum absolute atomic E-state index is 12.6. The molecule has 2 N–H and O–H groups in total. The van der Waals surface area contributed by atoms with E-state index in [4.69, 9.17) is 13.9 Å². The van der Waals surface area contributed by atoms with E-state index in [1.165, 1.54) is 18.4 Å². The lowest BCUT2D eigenvalue weighted by atomic mass is 9.94. The van der Waals surface area contributed by atoms with E-state index in [1.54, 1.807) is 36.7 Å². The summed E-state index contributed by atoms with van der Waals surface area (Å²) in [6.07, 6.45) is 6.96. The number of anilines is 3. The summed E-state index contributed by atoms with van der Waals surface area (Å²) < 4.78 is 16.1. The Bertz CT molecular complexity index is 1250. The summed E-state index contributed by atoms with van der Waals surface area (Å²) in [5, 5.41) is 5.89. The number of oxazole rings is 1. The zero-order valence-electron chi connectivity index (χ0n) is 20.7. The smallest absolute Gasteiger partial charge is 0.340 e. The summed E-state index contributed by atoms with van der Waals surface area (Å²) in [5.41, 5.74) is 1.46. The molecular weight excluding hydrogens is 482 g/mol. The van der Waals surface area contributed by atoms with Crippen molar-refractivity contribution in [3.63, 3.8) is 0 Å². The molecule has 4 rings (SSSR count). The summed E-state index contributed by atoms with van der Waals surface area (Å²) in [7, 11) is 1.33. The van der Waals surface area contributed by atoms with Gasteiger partial charge in [0.05, 0.1) is 37.8 Å². The number of rotatable bonds is 6. The highest BCUT2D eigenvalue weighted by Gasteiger charge is 2.21. The van der Waals surface area contributed by atoms with Gasteiger partial charge in [0.2, 0.25) is 5.89 Å². The van der Waals surface area contributed by atoms with E-state index in [-0.39, 0.29) is 5.41 Å². The summed E-state index contributed by atoms with van der Waals surface area (Å²) in [6.45, 7) is 8.69. The number of nitrogens with one attached hydrogen (secondary N) is 2. The highest BCUT2D eigenvalue weighted by molar-refractivity contribution is 7.16. The summed E-state index contributed by atoms with van der Waals surface area (Å²) in [5.74, 6) is 0.832. The standard InChI is InChI=1S/C25H29N5O5S/c1-25(2,3)20-15-26-21(35-20)8-6-17-14-27-24(36-17)29-23(32)28-16-5-7-19(18(13-16)22(31)33-4)30-9-11-34-12-10-30/h5-8,13-15H,9-12H2,1-4H3,(H2,27,28,29,32)/b8-6+. The molecule has 2 amide bonds. The van der Waals surface area contributed by atoms with E-state index in [9.17, 15) is 9.59 Å². The normalized spacial score (nSPS) is 14.2. The van der Waals surface area contributed by atoms with E-state index >= 15 is 0 Å². The average molecular weight is 512 g/mol. The van der Waals surface area contributed by atoms with Crippen LogP contribution in [-0.4, -0.2) is 55.4 Å². The molecule has 2 aromatic heterocycles. The molecule has 0 aliphatic carbocycles. The van der Waals surface area contributed by atoms with Crippen LogP contribution in [-0.2, 0) is 14.9 Å². The number of hydrogen-bond acceptors (Lipinski definition) is 9. The van der Waals surface area contributed by atoms with Crippen molar-refractivity contribution in [1.29, 1.82) is 0 Å². The number of morpholine rings is 1. The average Bonchev–Trinajstić information content (AvgIpc) is 3.52. The molecule has 0 atom stereocenters. The van der Waals surface area contributed by atoms with Crippen LogP contribution in [0.15, 0.2) is 35.0 Å². The van der Waals surface area contributed by atoms with Gasteiger partial charge in [-0.3, -0.25) is 5.32 Å². The summed E-state index contributed by atoms with van der Waals surface area (Å²) >= 11 is 1.30. The molecule has 0 radical (unpaired) electrons. The second-order valence-corrected chi connectivity index (χ2v) is 10.2. The van der Waals surface area contributed by atoms with Crippen molar-refractivity contribution in [1.82, 2.24) is 9.97 Å². The second kappa shape index (κ2) is 10.9. The van der Waals surface area contributed by atoms with Crippen LogP contribution in [0.25, 0.3) is 12.2 Å². The first-order valence-corrected chi connectivity index (χ1v) is 12.3. The quantitative estimate of drug-likeness (QED) is 0.450. The SMILES string of the molecule is COC(=O)c1cc(NC(=O)Nc2ncc(/C=C/c3ncc(C(C)(C)C)o3)s2)ccc1N1CCOCC1. The number of nitrogens with zero attached hydrogens (tertiary/aromatic N) is 3. The Labute approximate surface area is 213 Å². The molecule has 190 valence electrons. The fraction of sp³-hybridized carbons (Fsp3) is 0.360.